The van der Waals surface area contributed by atoms with Crippen LogP contribution < -0.4 is 0 Å². The lowest BCUT2D eigenvalue weighted by Crippen LogP contribution is -2.10. The van der Waals surface area contributed by atoms with E-state index < -0.39 is 11.9 Å². The molecule has 0 aromatic carbocycles. The summed E-state index contributed by atoms with van der Waals surface area (Å²) in [6.07, 6.45) is 29.7. The number of hydrogen-bond donors (Lipinski definition) is 0. The van der Waals surface area contributed by atoms with Gasteiger partial charge >= 0.3 is 71.6 Å². The highest BCUT2D eigenvalue weighted by Gasteiger charge is 2.13. The summed E-state index contributed by atoms with van der Waals surface area (Å²) in [6.45, 7) is 7.88. The molecule has 0 aliphatic rings. The normalized spacial score (nSPS) is 10.0. The van der Waals surface area contributed by atoms with Crippen LogP contribution >= 0.6 is 0 Å². The Morgan fingerprint density at radius 1 is 0.221 bits per heavy atom. The molecule has 24 heteroatoms. The highest BCUT2D eigenvalue weighted by molar-refractivity contribution is 5.87. The van der Waals surface area contributed by atoms with Gasteiger partial charge in [-0.25, -0.2) is 4.79 Å². The summed E-state index contributed by atoms with van der Waals surface area (Å²) in [7, 11) is 0. The Bertz CT molecular complexity index is 2900. The predicted molar refractivity (Wildman–Crippen MR) is 383 cm³/mol. The van der Waals surface area contributed by atoms with Crippen LogP contribution in [-0.4, -0.2) is 144 Å². The highest BCUT2D eigenvalue weighted by atomic mass is 16.6. The summed E-state index contributed by atoms with van der Waals surface area (Å²) >= 11 is 0. The SMILES string of the molecule is C#CC#CC#CC#CC#CC#COC(=O)CCCCCOC(=O)CCCCCOC(=O)CCCCCOC(=O)CCCCCOC(=O)CCCCCOC(=O)CCCCCOC(=O)CCCCCOC(=O)CCCCCOC(=O)CCCCCOC(=O)CCCCCOC(=O)CCCOC(=O)C(=C)C. The van der Waals surface area contributed by atoms with Crippen molar-refractivity contribution in [2.45, 2.75) is 277 Å². The Morgan fingerprint density at radius 2 is 0.394 bits per heavy atom. The van der Waals surface area contributed by atoms with Gasteiger partial charge in [-0.05, 0) is 236 Å². The molecule has 0 unspecified atom stereocenters. The molecule has 0 aliphatic carbocycles. The molecule has 0 amide bonds. The maximum atomic E-state index is 12.1. The average Bonchev–Trinajstić information content (AvgIpc) is 2.65. The zero-order chi connectivity index (χ0) is 76.2. The lowest BCUT2D eigenvalue weighted by atomic mass is 10.2. The van der Waals surface area contributed by atoms with E-state index in [9.17, 15) is 57.5 Å². The molecule has 576 valence electrons. The molecule has 24 nitrogen and oxygen atoms in total. The van der Waals surface area contributed by atoms with Crippen LogP contribution in [0.3, 0.4) is 0 Å². The van der Waals surface area contributed by atoms with Crippen LogP contribution in [0.4, 0.5) is 0 Å². The average molecular weight is 1460 g/mol. The minimum Gasteiger partial charge on any atom is -0.466 e. The molecule has 0 rings (SSSR count). The summed E-state index contributed by atoms with van der Waals surface area (Å²) in [5.41, 5.74) is 0.302. The number of rotatable bonds is 65. The van der Waals surface area contributed by atoms with Crippen molar-refractivity contribution in [2.75, 3.05) is 72.7 Å². The predicted octanol–water partition coefficient (Wildman–Crippen LogP) is 12.1. The molecule has 0 spiro atoms. The minimum absolute atomic E-state index is 0.126. The first-order valence-corrected chi connectivity index (χ1v) is 37.1. The summed E-state index contributed by atoms with van der Waals surface area (Å²) in [6, 6.07) is 0. The number of hydrogen-bond acceptors (Lipinski definition) is 24. The third-order valence-electron chi connectivity index (χ3n) is 14.8. The van der Waals surface area contributed by atoms with E-state index in [1.165, 1.54) is 0 Å². The fraction of sp³-hybridized carbons (Fsp3) is 0.675. The van der Waals surface area contributed by atoms with E-state index in [1.54, 1.807) is 6.92 Å². The van der Waals surface area contributed by atoms with Gasteiger partial charge in [-0.2, -0.15) is 0 Å². The molecule has 0 atom stereocenters. The zero-order valence-electron chi connectivity index (χ0n) is 61.6. The summed E-state index contributed by atoms with van der Waals surface area (Å²) in [5.74, 6) is 19.8. The van der Waals surface area contributed by atoms with Crippen molar-refractivity contribution in [2.24, 2.45) is 0 Å². The minimum atomic E-state index is -0.488. The van der Waals surface area contributed by atoms with Crippen molar-refractivity contribution in [3.63, 3.8) is 0 Å². The molecule has 0 aromatic rings. The van der Waals surface area contributed by atoms with Gasteiger partial charge in [-0.3, -0.25) is 52.7 Å². The molecule has 0 aliphatic heterocycles. The second-order valence-corrected chi connectivity index (χ2v) is 24.2. The largest absolute Gasteiger partial charge is 0.466 e. The number of carbonyl (C=O) groups is 12. The first-order valence-electron chi connectivity index (χ1n) is 37.1. The number of carbonyl (C=O) groups excluding carboxylic acids is 12. The van der Waals surface area contributed by atoms with E-state index in [0.717, 1.165) is 0 Å². The second-order valence-electron chi connectivity index (χ2n) is 24.2. The smallest absolute Gasteiger partial charge is 0.333 e. The Labute approximate surface area is 616 Å². The van der Waals surface area contributed by atoms with Crippen molar-refractivity contribution in [1.82, 2.24) is 0 Å². The van der Waals surface area contributed by atoms with Gasteiger partial charge in [0.2, 0.25) is 0 Å². The Balaban J connectivity index is 3.56. The van der Waals surface area contributed by atoms with Crippen molar-refractivity contribution < 1.29 is 114 Å². The highest BCUT2D eigenvalue weighted by Crippen LogP contribution is 2.13. The zero-order valence-corrected chi connectivity index (χ0v) is 61.6. The van der Waals surface area contributed by atoms with E-state index in [2.05, 4.69) is 71.9 Å². The van der Waals surface area contributed by atoms with Gasteiger partial charge < -0.3 is 56.8 Å². The van der Waals surface area contributed by atoms with E-state index in [-0.39, 0.29) is 203 Å². The molecule has 0 saturated heterocycles. The fourth-order valence-corrected chi connectivity index (χ4v) is 8.98. The summed E-state index contributed by atoms with van der Waals surface area (Å²) in [5, 5.41) is 0. The lowest BCUT2D eigenvalue weighted by molar-refractivity contribution is -0.146. The van der Waals surface area contributed by atoms with Gasteiger partial charge in [0.25, 0.3) is 0 Å². The molecule has 0 radical (unpaired) electrons. The van der Waals surface area contributed by atoms with Crippen LogP contribution in [0.5, 0.6) is 0 Å². The Hall–Kier alpha value is -9.26. The quantitative estimate of drug-likeness (QED) is 0.0179. The summed E-state index contributed by atoms with van der Waals surface area (Å²) in [4.78, 5) is 144. The van der Waals surface area contributed by atoms with Gasteiger partial charge in [0.15, 0.2) is 0 Å². The molecule has 0 aromatic heterocycles. The van der Waals surface area contributed by atoms with Crippen molar-refractivity contribution in [3.05, 3.63) is 12.2 Å². The van der Waals surface area contributed by atoms with Gasteiger partial charge in [-0.15, -0.1) is 6.42 Å². The molecule has 0 fully saturated rings. The first-order chi connectivity index (χ1) is 50.5. The van der Waals surface area contributed by atoms with Crippen LogP contribution in [0, 0.1) is 71.7 Å². The molecular weight excluding hydrogens is 1340 g/mol. The van der Waals surface area contributed by atoms with Crippen LogP contribution in [-0.2, 0) is 114 Å². The molecule has 0 saturated carbocycles. The standard InChI is InChI=1S/C80H112O24/c1-4-5-6-7-8-9-10-11-12-33-56-93-69(81)45-23-13-34-57-94-70(82)46-24-14-35-58-95-71(83)47-25-15-36-59-96-72(84)48-26-16-37-60-97-73(85)49-27-17-38-61-98-74(86)50-28-18-39-62-99-75(87)51-29-19-40-63-100-76(88)52-30-20-41-64-101-77(89)53-31-21-42-65-102-78(90)54-32-22-43-66-103-79(91)55-44-67-104-80(92)68(2)3/h1H,2,13-32,34-55,57-67H2,3H3. The van der Waals surface area contributed by atoms with E-state index in [0.29, 0.717) is 205 Å². The third-order valence-corrected chi connectivity index (χ3v) is 14.8. The molecule has 0 heterocycles. The molecule has 104 heavy (non-hydrogen) atoms. The molecule has 0 bridgehead atoms. The number of ether oxygens (including phenoxy) is 12. The Kier molecular flexibility index (Phi) is 65.7. The second kappa shape index (κ2) is 72.1. The van der Waals surface area contributed by atoms with Gasteiger partial charge in [0.05, 0.1) is 72.7 Å². The van der Waals surface area contributed by atoms with E-state index in [1.807, 2.05) is 0 Å². The van der Waals surface area contributed by atoms with Crippen molar-refractivity contribution >= 4 is 71.6 Å². The number of terminal acetylenes is 1. The third kappa shape index (κ3) is 71.1. The summed E-state index contributed by atoms with van der Waals surface area (Å²) < 4.78 is 62.4. The number of esters is 12. The molecular formula is C80H112O24. The lowest BCUT2D eigenvalue weighted by Gasteiger charge is -2.07. The van der Waals surface area contributed by atoms with E-state index in [4.69, 9.17) is 63.3 Å². The fourth-order valence-electron chi connectivity index (χ4n) is 8.98. The van der Waals surface area contributed by atoms with Crippen LogP contribution in [0.25, 0.3) is 0 Å². The molecule has 0 N–H and O–H groups in total. The van der Waals surface area contributed by atoms with Crippen LogP contribution in [0.2, 0.25) is 0 Å². The monoisotopic (exact) mass is 1460 g/mol. The maximum Gasteiger partial charge on any atom is 0.333 e. The van der Waals surface area contributed by atoms with E-state index >= 15 is 0 Å². The van der Waals surface area contributed by atoms with Crippen LogP contribution in [0.1, 0.15) is 277 Å². The maximum absolute atomic E-state index is 12.1. The number of unbranched alkanes of at least 4 members (excludes halogenated alkanes) is 20. The van der Waals surface area contributed by atoms with Gasteiger partial charge in [0, 0.05) is 106 Å². The topological polar surface area (TPSA) is 316 Å². The van der Waals surface area contributed by atoms with Crippen molar-refractivity contribution in [3.8, 4) is 71.7 Å². The Morgan fingerprint density at radius 3 is 0.596 bits per heavy atom. The van der Waals surface area contributed by atoms with Crippen LogP contribution in [0.15, 0.2) is 12.2 Å². The first kappa shape index (κ1) is 94.7. The van der Waals surface area contributed by atoms with Gasteiger partial charge in [-0.1, -0.05) is 6.58 Å². The van der Waals surface area contributed by atoms with Gasteiger partial charge in [0.1, 0.15) is 6.11 Å². The van der Waals surface area contributed by atoms with Crippen molar-refractivity contribution in [1.29, 1.82) is 0 Å².